The first-order valence-corrected chi connectivity index (χ1v) is 11.6. The van der Waals surface area contributed by atoms with Crippen molar-refractivity contribution in [1.82, 2.24) is 14.8 Å². The van der Waals surface area contributed by atoms with Crippen molar-refractivity contribution in [2.45, 2.75) is 38.6 Å². The number of piperidine rings is 1. The Kier molecular flexibility index (Phi) is 5.24. The number of amides is 3. The smallest absolute Gasteiger partial charge is 0.285 e. The minimum Gasteiger partial charge on any atom is -0.285 e. The maximum atomic E-state index is 13.1. The van der Waals surface area contributed by atoms with E-state index < -0.39 is 6.04 Å². The van der Waals surface area contributed by atoms with Gasteiger partial charge in [-0.2, -0.15) is 0 Å². The van der Waals surface area contributed by atoms with Crippen LogP contribution in [0.4, 0.5) is 10.5 Å². The molecule has 0 saturated carbocycles. The van der Waals surface area contributed by atoms with Gasteiger partial charge in [0.2, 0.25) is 0 Å². The van der Waals surface area contributed by atoms with Crippen LogP contribution in [0.2, 0.25) is 0 Å². The van der Waals surface area contributed by atoms with Crippen LogP contribution in [-0.4, -0.2) is 52.5 Å². The van der Waals surface area contributed by atoms with Crippen molar-refractivity contribution < 1.29 is 9.59 Å². The molecular formula is C24H26N4O2S. The average Bonchev–Trinajstić information content (AvgIpc) is 3.30. The third-order valence-corrected chi connectivity index (χ3v) is 7.55. The number of hydrogen-bond donors (Lipinski definition) is 0. The van der Waals surface area contributed by atoms with E-state index in [2.05, 4.69) is 23.1 Å². The molecule has 3 amide bonds. The Balaban J connectivity index is 1.24. The molecule has 0 aliphatic carbocycles. The number of nitrogens with zero attached hydrogens (tertiary/aromatic N) is 4. The number of aryl methyl sites for hydroxylation is 1. The Morgan fingerprint density at radius 3 is 2.45 bits per heavy atom. The highest BCUT2D eigenvalue weighted by molar-refractivity contribution is 7.18. The van der Waals surface area contributed by atoms with Gasteiger partial charge in [-0.3, -0.25) is 14.6 Å². The number of aromatic nitrogens is 1. The van der Waals surface area contributed by atoms with Crippen molar-refractivity contribution >= 4 is 39.2 Å². The van der Waals surface area contributed by atoms with Crippen molar-refractivity contribution in [2.75, 3.05) is 24.7 Å². The molecule has 1 atom stereocenters. The van der Waals surface area contributed by atoms with Crippen molar-refractivity contribution in [2.24, 2.45) is 0 Å². The number of benzene rings is 2. The molecule has 3 aromatic rings. The second kappa shape index (κ2) is 8.05. The molecule has 160 valence electrons. The average molecular weight is 435 g/mol. The molecule has 2 aliphatic heterocycles. The molecule has 6 nitrogen and oxygen atoms in total. The fraction of sp³-hybridized carbons (Fsp3) is 0.375. The summed E-state index contributed by atoms with van der Waals surface area (Å²) in [4.78, 5) is 36.0. The molecule has 31 heavy (non-hydrogen) atoms. The highest BCUT2D eigenvalue weighted by Gasteiger charge is 2.44. The molecule has 0 bridgehead atoms. The lowest BCUT2D eigenvalue weighted by Crippen LogP contribution is -2.45. The van der Waals surface area contributed by atoms with Crippen molar-refractivity contribution in [3.05, 3.63) is 59.1 Å². The SMILES string of the molecule is Cc1ccc(N2C(=O)N(CN3CCC(c4nc5ccccc5s4)CC3)C(=O)[C@@H]2C)cc1. The summed E-state index contributed by atoms with van der Waals surface area (Å²) in [5.41, 5.74) is 2.97. The summed E-state index contributed by atoms with van der Waals surface area (Å²) in [7, 11) is 0. The standard InChI is InChI=1S/C24H26N4O2S/c1-16-7-9-19(10-8-16)28-17(2)23(29)27(24(28)30)15-26-13-11-18(12-14-26)22-25-20-5-3-4-6-21(20)31-22/h3-10,17-18H,11-15H2,1-2H3/t17-/m0/s1. The molecule has 7 heteroatoms. The third-order valence-electron chi connectivity index (χ3n) is 6.35. The lowest BCUT2D eigenvalue weighted by Gasteiger charge is -2.33. The Bertz CT molecular complexity index is 1090. The van der Waals surface area contributed by atoms with Gasteiger partial charge < -0.3 is 0 Å². The highest BCUT2D eigenvalue weighted by atomic mass is 32.1. The van der Waals surface area contributed by atoms with Crippen LogP contribution >= 0.6 is 11.3 Å². The number of carbonyl (C=O) groups is 2. The number of carbonyl (C=O) groups excluding carboxylic acids is 2. The molecule has 5 rings (SSSR count). The van der Waals surface area contributed by atoms with Gasteiger partial charge in [-0.05, 0) is 51.0 Å². The van der Waals surface area contributed by atoms with Gasteiger partial charge in [0.05, 0.1) is 21.9 Å². The van der Waals surface area contributed by atoms with Gasteiger partial charge >= 0.3 is 6.03 Å². The summed E-state index contributed by atoms with van der Waals surface area (Å²) in [5.74, 6) is 0.320. The van der Waals surface area contributed by atoms with E-state index in [1.807, 2.05) is 37.3 Å². The van der Waals surface area contributed by atoms with Crippen LogP contribution < -0.4 is 4.90 Å². The van der Waals surface area contributed by atoms with E-state index in [1.165, 1.54) is 14.6 Å². The van der Waals surface area contributed by atoms with Crippen LogP contribution in [0.1, 0.15) is 36.3 Å². The third kappa shape index (κ3) is 3.72. The predicted molar refractivity (Wildman–Crippen MR) is 123 cm³/mol. The van der Waals surface area contributed by atoms with Gasteiger partial charge in [-0.25, -0.2) is 14.7 Å². The van der Waals surface area contributed by atoms with Crippen molar-refractivity contribution in [1.29, 1.82) is 0 Å². The molecule has 1 aromatic heterocycles. The highest BCUT2D eigenvalue weighted by Crippen LogP contribution is 2.34. The van der Waals surface area contributed by atoms with E-state index in [1.54, 1.807) is 23.2 Å². The van der Waals surface area contributed by atoms with Gasteiger partial charge in [0.15, 0.2) is 0 Å². The van der Waals surface area contributed by atoms with Crippen LogP contribution in [0, 0.1) is 6.92 Å². The van der Waals surface area contributed by atoms with E-state index in [4.69, 9.17) is 4.98 Å². The molecule has 2 saturated heterocycles. The van der Waals surface area contributed by atoms with Gasteiger partial charge in [-0.1, -0.05) is 29.8 Å². The summed E-state index contributed by atoms with van der Waals surface area (Å²) in [6.07, 6.45) is 1.99. The Hall–Kier alpha value is -2.77. The normalized spacial score (nSPS) is 20.9. The molecule has 0 unspecified atom stereocenters. The molecule has 0 N–H and O–H groups in total. The number of imide groups is 1. The predicted octanol–water partition coefficient (Wildman–Crippen LogP) is 4.60. The number of thiazole rings is 1. The fourth-order valence-electron chi connectivity index (χ4n) is 4.48. The molecule has 2 aliphatic rings. The van der Waals surface area contributed by atoms with Gasteiger partial charge in [0.25, 0.3) is 5.91 Å². The number of likely N-dealkylation sites (tertiary alicyclic amines) is 1. The summed E-state index contributed by atoms with van der Waals surface area (Å²) in [6.45, 7) is 5.89. The maximum absolute atomic E-state index is 13.1. The number of para-hydroxylation sites is 1. The van der Waals surface area contributed by atoms with Gasteiger partial charge in [0.1, 0.15) is 6.04 Å². The van der Waals surface area contributed by atoms with E-state index in [-0.39, 0.29) is 11.9 Å². The topological polar surface area (TPSA) is 56.8 Å². The maximum Gasteiger partial charge on any atom is 0.333 e. The molecule has 2 aromatic carbocycles. The van der Waals surface area contributed by atoms with E-state index >= 15 is 0 Å². The largest absolute Gasteiger partial charge is 0.333 e. The summed E-state index contributed by atoms with van der Waals surface area (Å²) in [6, 6.07) is 15.3. The summed E-state index contributed by atoms with van der Waals surface area (Å²) in [5, 5.41) is 1.20. The minimum absolute atomic E-state index is 0.126. The Morgan fingerprint density at radius 1 is 1.03 bits per heavy atom. The quantitative estimate of drug-likeness (QED) is 0.563. The number of fused-ring (bicyclic) bond motifs is 1. The zero-order valence-corrected chi connectivity index (χ0v) is 18.6. The first-order valence-electron chi connectivity index (χ1n) is 10.8. The number of anilines is 1. The summed E-state index contributed by atoms with van der Waals surface area (Å²) >= 11 is 1.78. The van der Waals surface area contributed by atoms with E-state index in [9.17, 15) is 9.59 Å². The van der Waals surface area contributed by atoms with Crippen LogP contribution in [0.15, 0.2) is 48.5 Å². The molecular weight excluding hydrogens is 408 g/mol. The van der Waals surface area contributed by atoms with Gasteiger partial charge in [0, 0.05) is 24.7 Å². The first-order chi connectivity index (χ1) is 15.0. The van der Waals surface area contributed by atoms with Crippen LogP contribution in [-0.2, 0) is 4.79 Å². The fourth-order valence-corrected chi connectivity index (χ4v) is 5.62. The molecule has 2 fully saturated rings. The van der Waals surface area contributed by atoms with E-state index in [0.717, 1.165) is 42.7 Å². The van der Waals surface area contributed by atoms with Crippen molar-refractivity contribution in [3.8, 4) is 0 Å². The second-order valence-electron chi connectivity index (χ2n) is 8.48. The summed E-state index contributed by atoms with van der Waals surface area (Å²) < 4.78 is 1.23. The first kappa shape index (κ1) is 20.2. The van der Waals surface area contributed by atoms with Crippen LogP contribution in [0.25, 0.3) is 10.2 Å². The monoisotopic (exact) mass is 434 g/mol. The van der Waals surface area contributed by atoms with E-state index in [0.29, 0.717) is 12.6 Å². The number of hydrogen-bond acceptors (Lipinski definition) is 5. The molecule has 0 radical (unpaired) electrons. The minimum atomic E-state index is -0.476. The van der Waals surface area contributed by atoms with Crippen molar-refractivity contribution in [3.63, 3.8) is 0 Å². The Morgan fingerprint density at radius 2 is 1.74 bits per heavy atom. The molecule has 3 heterocycles. The Labute approximate surface area is 186 Å². The zero-order valence-electron chi connectivity index (χ0n) is 17.8. The van der Waals surface area contributed by atoms with Crippen LogP contribution in [0.5, 0.6) is 0 Å². The number of rotatable bonds is 4. The van der Waals surface area contributed by atoms with Crippen LogP contribution in [0.3, 0.4) is 0 Å². The van der Waals surface area contributed by atoms with Gasteiger partial charge in [-0.15, -0.1) is 11.3 Å². The second-order valence-corrected chi connectivity index (χ2v) is 9.55. The number of urea groups is 1. The zero-order chi connectivity index (χ0) is 21.5. The lowest BCUT2D eigenvalue weighted by atomic mass is 9.98. The lowest BCUT2D eigenvalue weighted by molar-refractivity contribution is -0.128. The molecule has 0 spiro atoms.